The number of Topliss-reactive ketones (excluding diaryl/α,β-unsaturated/α-hetero) is 1. The van der Waals surface area contributed by atoms with E-state index in [0.29, 0.717) is 55.8 Å². The van der Waals surface area contributed by atoms with Gasteiger partial charge in [0.25, 0.3) is 5.91 Å². The van der Waals surface area contributed by atoms with Crippen LogP contribution in [-0.2, 0) is 9.53 Å². The highest BCUT2D eigenvalue weighted by molar-refractivity contribution is 6.15. The molecule has 0 saturated carbocycles. The number of rotatable bonds is 11. The summed E-state index contributed by atoms with van der Waals surface area (Å²) in [6.45, 7) is 10.9. The molecule has 2 aliphatic rings. The highest BCUT2D eigenvalue weighted by atomic mass is 16.5. The monoisotopic (exact) mass is 496 g/mol. The minimum Gasteiger partial charge on any atom is -0.503 e. The van der Waals surface area contributed by atoms with Crippen LogP contribution >= 0.6 is 0 Å². The molecular weight excluding hydrogens is 460 g/mol. The summed E-state index contributed by atoms with van der Waals surface area (Å²) in [4.78, 5) is 30.6. The van der Waals surface area contributed by atoms with Crippen LogP contribution < -0.4 is 4.74 Å². The molecule has 1 unspecified atom stereocenters. The number of hydrogen-bond acceptors (Lipinski definition) is 7. The Bertz CT molecular complexity index is 1100. The zero-order valence-corrected chi connectivity index (χ0v) is 21.4. The Morgan fingerprint density at radius 3 is 2.64 bits per heavy atom. The Labute approximate surface area is 212 Å². The molecule has 1 atom stereocenters. The van der Waals surface area contributed by atoms with Crippen LogP contribution in [0, 0.1) is 12.8 Å². The van der Waals surface area contributed by atoms with Crippen molar-refractivity contribution < 1.29 is 28.6 Å². The van der Waals surface area contributed by atoms with Crippen LogP contribution in [0.1, 0.15) is 54.6 Å². The number of morpholine rings is 1. The molecule has 0 radical (unpaired) electrons. The van der Waals surface area contributed by atoms with Gasteiger partial charge in [-0.3, -0.25) is 14.5 Å². The summed E-state index contributed by atoms with van der Waals surface area (Å²) >= 11 is 0. The average molecular weight is 497 g/mol. The molecule has 1 N–H and O–H groups in total. The molecule has 8 nitrogen and oxygen atoms in total. The smallest absolute Gasteiger partial charge is 0.290 e. The highest BCUT2D eigenvalue weighted by Crippen LogP contribution is 2.40. The molecule has 1 aromatic heterocycles. The van der Waals surface area contributed by atoms with Gasteiger partial charge in [-0.15, -0.1) is 0 Å². The quantitative estimate of drug-likeness (QED) is 0.463. The van der Waals surface area contributed by atoms with E-state index in [0.717, 1.165) is 26.1 Å². The van der Waals surface area contributed by atoms with E-state index in [1.807, 2.05) is 24.3 Å². The first-order chi connectivity index (χ1) is 17.3. The molecule has 36 heavy (non-hydrogen) atoms. The van der Waals surface area contributed by atoms with Gasteiger partial charge in [-0.1, -0.05) is 26.0 Å². The Morgan fingerprint density at radius 1 is 1.17 bits per heavy atom. The third kappa shape index (κ3) is 5.99. The average Bonchev–Trinajstić information content (AvgIpc) is 3.41. The summed E-state index contributed by atoms with van der Waals surface area (Å²) in [6, 6.07) is 9.98. The zero-order valence-electron chi connectivity index (χ0n) is 21.4. The standard InChI is InChI=1S/C28H36N2O6/c1-19(2)10-15-35-22-7-4-6-21(18-22)25-24(26(31)23-9-8-20(3)36-23)27(32)28(33)30(25)12-5-11-29-13-16-34-17-14-29/h4,6-9,18-19,25,32H,5,10-17H2,1-3H3. The first-order valence-electron chi connectivity index (χ1n) is 12.7. The third-order valence-corrected chi connectivity index (χ3v) is 6.63. The van der Waals surface area contributed by atoms with Gasteiger partial charge in [0, 0.05) is 26.2 Å². The fourth-order valence-corrected chi connectivity index (χ4v) is 4.63. The van der Waals surface area contributed by atoms with Gasteiger partial charge in [0.05, 0.1) is 31.4 Å². The summed E-state index contributed by atoms with van der Waals surface area (Å²) in [7, 11) is 0. The number of carbonyl (C=O) groups excluding carboxylic acids is 2. The van der Waals surface area contributed by atoms with Gasteiger partial charge < -0.3 is 23.9 Å². The maximum atomic E-state index is 13.5. The Morgan fingerprint density at radius 2 is 1.94 bits per heavy atom. The topological polar surface area (TPSA) is 92.5 Å². The first kappa shape index (κ1) is 26.0. The summed E-state index contributed by atoms with van der Waals surface area (Å²) in [5.74, 6) is 0.329. The van der Waals surface area contributed by atoms with Crippen LogP contribution in [0.5, 0.6) is 5.75 Å². The maximum Gasteiger partial charge on any atom is 0.290 e. The van der Waals surface area contributed by atoms with Gasteiger partial charge in [-0.2, -0.15) is 0 Å². The van der Waals surface area contributed by atoms with E-state index in [9.17, 15) is 14.7 Å². The van der Waals surface area contributed by atoms with Crippen molar-refractivity contribution in [2.24, 2.45) is 5.92 Å². The van der Waals surface area contributed by atoms with Crippen LogP contribution in [0.15, 0.2) is 52.1 Å². The second-order valence-corrected chi connectivity index (χ2v) is 9.81. The lowest BCUT2D eigenvalue weighted by Crippen LogP contribution is -2.39. The molecule has 8 heteroatoms. The van der Waals surface area contributed by atoms with Crippen molar-refractivity contribution >= 4 is 11.7 Å². The lowest BCUT2D eigenvalue weighted by atomic mass is 9.95. The molecule has 0 aliphatic carbocycles. The van der Waals surface area contributed by atoms with E-state index in [1.165, 1.54) is 0 Å². The Hall–Kier alpha value is -3.10. The predicted octanol–water partition coefficient (Wildman–Crippen LogP) is 4.31. The lowest BCUT2D eigenvalue weighted by molar-refractivity contribution is -0.129. The zero-order chi connectivity index (χ0) is 25.7. The molecule has 0 spiro atoms. The molecule has 4 rings (SSSR count). The molecule has 1 aromatic carbocycles. The summed E-state index contributed by atoms with van der Waals surface area (Å²) in [5.41, 5.74) is 0.757. The Balaban J connectivity index is 1.60. The van der Waals surface area contributed by atoms with Crippen molar-refractivity contribution in [3.8, 4) is 5.75 Å². The molecule has 2 aromatic rings. The van der Waals surface area contributed by atoms with E-state index in [-0.39, 0.29) is 11.3 Å². The summed E-state index contributed by atoms with van der Waals surface area (Å²) in [5, 5.41) is 10.9. The van der Waals surface area contributed by atoms with E-state index < -0.39 is 23.5 Å². The maximum absolute atomic E-state index is 13.5. The van der Waals surface area contributed by atoms with Crippen molar-refractivity contribution in [3.63, 3.8) is 0 Å². The number of nitrogens with zero attached hydrogens (tertiary/aromatic N) is 2. The van der Waals surface area contributed by atoms with Crippen molar-refractivity contribution in [1.82, 2.24) is 9.80 Å². The van der Waals surface area contributed by atoms with Gasteiger partial charge in [0.1, 0.15) is 11.5 Å². The summed E-state index contributed by atoms with van der Waals surface area (Å²) in [6.07, 6.45) is 1.63. The largest absolute Gasteiger partial charge is 0.503 e. The number of furan rings is 1. The fraction of sp³-hybridized carbons (Fsp3) is 0.500. The number of aliphatic hydroxyl groups excluding tert-OH is 1. The van der Waals surface area contributed by atoms with E-state index in [4.69, 9.17) is 13.9 Å². The van der Waals surface area contributed by atoms with Crippen LogP contribution in [0.25, 0.3) is 0 Å². The normalized spacial score (nSPS) is 18.9. The third-order valence-electron chi connectivity index (χ3n) is 6.63. The second kappa shape index (κ2) is 11.8. The van der Waals surface area contributed by atoms with Crippen LogP contribution in [0.4, 0.5) is 0 Å². The molecule has 1 amide bonds. The number of benzene rings is 1. The van der Waals surface area contributed by atoms with Gasteiger partial charge in [0.2, 0.25) is 5.78 Å². The molecule has 1 saturated heterocycles. The molecule has 3 heterocycles. The van der Waals surface area contributed by atoms with Crippen molar-refractivity contribution in [3.05, 3.63) is 64.8 Å². The van der Waals surface area contributed by atoms with Crippen molar-refractivity contribution in [1.29, 1.82) is 0 Å². The number of carbonyl (C=O) groups is 2. The van der Waals surface area contributed by atoms with E-state index in [1.54, 1.807) is 24.0 Å². The van der Waals surface area contributed by atoms with Gasteiger partial charge >= 0.3 is 0 Å². The van der Waals surface area contributed by atoms with Crippen molar-refractivity contribution in [2.75, 3.05) is 46.0 Å². The minimum absolute atomic E-state index is 0.0417. The fourth-order valence-electron chi connectivity index (χ4n) is 4.63. The highest BCUT2D eigenvalue weighted by Gasteiger charge is 2.44. The van der Waals surface area contributed by atoms with Crippen LogP contribution in [0.3, 0.4) is 0 Å². The Kier molecular flexibility index (Phi) is 8.48. The SMILES string of the molecule is Cc1ccc(C(=O)C2=C(O)C(=O)N(CCCN3CCOCC3)C2c2cccc(OCCC(C)C)c2)o1. The number of aryl methyl sites for hydroxylation is 1. The number of ketones is 1. The molecular formula is C28H36N2O6. The molecule has 2 aliphatic heterocycles. The summed E-state index contributed by atoms with van der Waals surface area (Å²) < 4.78 is 16.9. The number of amides is 1. The predicted molar refractivity (Wildman–Crippen MR) is 135 cm³/mol. The van der Waals surface area contributed by atoms with Crippen LogP contribution in [-0.4, -0.2) is 72.6 Å². The van der Waals surface area contributed by atoms with Gasteiger partial charge in [-0.05, 0) is 55.5 Å². The van der Waals surface area contributed by atoms with E-state index in [2.05, 4.69) is 18.7 Å². The number of ether oxygens (including phenoxy) is 2. The second-order valence-electron chi connectivity index (χ2n) is 9.81. The van der Waals surface area contributed by atoms with Crippen LogP contribution in [0.2, 0.25) is 0 Å². The van der Waals surface area contributed by atoms with E-state index >= 15 is 0 Å². The van der Waals surface area contributed by atoms with Crippen molar-refractivity contribution in [2.45, 2.75) is 39.7 Å². The number of hydrogen-bond donors (Lipinski definition) is 1. The first-order valence-corrected chi connectivity index (χ1v) is 12.7. The van der Waals surface area contributed by atoms with Gasteiger partial charge in [-0.25, -0.2) is 0 Å². The molecule has 0 bridgehead atoms. The molecule has 1 fully saturated rings. The number of aliphatic hydroxyl groups is 1. The molecule has 194 valence electrons. The lowest BCUT2D eigenvalue weighted by Gasteiger charge is -2.30. The minimum atomic E-state index is -0.728. The van der Waals surface area contributed by atoms with Gasteiger partial charge in [0.15, 0.2) is 11.5 Å².